The molecule has 3 aromatic rings. The largest absolute Gasteiger partial charge is 0.453 e. The standard InChI is InChI=1S/C17H10F2NOS/c18-14-7-4-8-15(17(14)19)21-12-9-10-20-16(11-12)22-13-5-2-1-3-6-13/h1-10H. The molecule has 0 saturated carbocycles. The quantitative estimate of drug-likeness (QED) is 0.668. The van der Waals surface area contributed by atoms with Crippen molar-refractivity contribution in [2.24, 2.45) is 0 Å². The minimum atomic E-state index is -1.02. The molecule has 2 aromatic carbocycles. The summed E-state index contributed by atoms with van der Waals surface area (Å²) >= 11 is 1.41. The van der Waals surface area contributed by atoms with E-state index in [-0.39, 0.29) is 11.5 Å². The van der Waals surface area contributed by atoms with Crippen LogP contribution in [0.5, 0.6) is 11.5 Å². The second-order valence-corrected chi connectivity index (χ2v) is 5.37. The molecule has 0 amide bonds. The highest BCUT2D eigenvalue weighted by molar-refractivity contribution is 7.99. The Morgan fingerprint density at radius 2 is 1.77 bits per heavy atom. The number of pyridine rings is 1. The number of ether oxygens (including phenoxy) is 1. The molecule has 0 atom stereocenters. The van der Waals surface area contributed by atoms with Crippen LogP contribution in [0.25, 0.3) is 0 Å². The van der Waals surface area contributed by atoms with Crippen molar-refractivity contribution in [3.05, 3.63) is 78.5 Å². The number of aromatic nitrogens is 1. The lowest BCUT2D eigenvalue weighted by Gasteiger charge is -2.07. The summed E-state index contributed by atoms with van der Waals surface area (Å²) < 4.78 is 32.1. The molecular weight excluding hydrogens is 304 g/mol. The maximum atomic E-state index is 13.6. The molecule has 0 aliphatic heterocycles. The molecule has 0 spiro atoms. The van der Waals surface area contributed by atoms with Gasteiger partial charge < -0.3 is 4.74 Å². The minimum absolute atomic E-state index is 0.182. The van der Waals surface area contributed by atoms with Crippen LogP contribution in [-0.4, -0.2) is 4.98 Å². The van der Waals surface area contributed by atoms with Gasteiger partial charge in [0.1, 0.15) is 10.8 Å². The van der Waals surface area contributed by atoms with Crippen LogP contribution in [0.1, 0.15) is 0 Å². The average Bonchev–Trinajstić information content (AvgIpc) is 2.53. The number of benzene rings is 2. The van der Waals surface area contributed by atoms with E-state index < -0.39 is 11.6 Å². The van der Waals surface area contributed by atoms with E-state index in [1.165, 1.54) is 30.1 Å². The predicted molar refractivity (Wildman–Crippen MR) is 80.1 cm³/mol. The second kappa shape index (κ2) is 6.58. The zero-order valence-corrected chi connectivity index (χ0v) is 12.1. The van der Waals surface area contributed by atoms with Gasteiger partial charge in [-0.15, -0.1) is 0 Å². The van der Waals surface area contributed by atoms with Crippen LogP contribution in [0.4, 0.5) is 8.78 Å². The van der Waals surface area contributed by atoms with Gasteiger partial charge in [0.25, 0.3) is 0 Å². The van der Waals surface area contributed by atoms with E-state index in [1.54, 1.807) is 6.07 Å². The zero-order chi connectivity index (χ0) is 15.4. The van der Waals surface area contributed by atoms with Gasteiger partial charge in [-0.2, -0.15) is 4.39 Å². The number of halogens is 2. The molecule has 0 saturated heterocycles. The summed E-state index contributed by atoms with van der Waals surface area (Å²) in [6.45, 7) is 0. The number of nitrogens with zero attached hydrogens (tertiary/aromatic N) is 1. The Kier molecular flexibility index (Phi) is 4.34. The van der Waals surface area contributed by atoms with Gasteiger partial charge >= 0.3 is 0 Å². The Balaban J connectivity index is 1.81. The van der Waals surface area contributed by atoms with Crippen molar-refractivity contribution in [1.29, 1.82) is 0 Å². The summed E-state index contributed by atoms with van der Waals surface area (Å²) in [5.41, 5.74) is 0. The van der Waals surface area contributed by atoms with Crippen LogP contribution in [0, 0.1) is 17.7 Å². The van der Waals surface area contributed by atoms with E-state index in [4.69, 9.17) is 4.74 Å². The van der Waals surface area contributed by atoms with Crippen molar-refractivity contribution < 1.29 is 13.5 Å². The van der Waals surface area contributed by atoms with Gasteiger partial charge in [-0.25, -0.2) is 9.37 Å². The molecular formula is C17H10F2NOS. The summed E-state index contributed by atoms with van der Waals surface area (Å²) in [7, 11) is 0. The Hall–Kier alpha value is -2.40. The number of hydrogen-bond donors (Lipinski definition) is 0. The molecule has 2 nitrogen and oxygen atoms in total. The zero-order valence-electron chi connectivity index (χ0n) is 11.3. The maximum absolute atomic E-state index is 13.6. The monoisotopic (exact) mass is 314 g/mol. The highest BCUT2D eigenvalue weighted by Gasteiger charge is 2.10. The van der Waals surface area contributed by atoms with E-state index in [0.29, 0.717) is 5.03 Å². The topological polar surface area (TPSA) is 22.1 Å². The van der Waals surface area contributed by atoms with Crippen molar-refractivity contribution in [3.63, 3.8) is 0 Å². The van der Waals surface area contributed by atoms with Gasteiger partial charge in [-0.3, -0.25) is 0 Å². The lowest BCUT2D eigenvalue weighted by Crippen LogP contribution is -1.92. The third kappa shape index (κ3) is 3.43. The first-order chi connectivity index (χ1) is 10.7. The molecule has 0 aliphatic rings. The van der Waals surface area contributed by atoms with Gasteiger partial charge in [-0.1, -0.05) is 36.0 Å². The summed E-state index contributed by atoms with van der Waals surface area (Å²) in [4.78, 5) is 5.18. The summed E-state index contributed by atoms with van der Waals surface area (Å²) in [5, 5.41) is 0.584. The van der Waals surface area contributed by atoms with Gasteiger partial charge in [0, 0.05) is 11.1 Å². The Morgan fingerprint density at radius 3 is 2.59 bits per heavy atom. The smallest absolute Gasteiger partial charge is 0.201 e. The van der Waals surface area contributed by atoms with Crippen molar-refractivity contribution in [2.75, 3.05) is 0 Å². The first-order valence-corrected chi connectivity index (χ1v) is 7.27. The SMILES string of the molecule is Fc1cccc(Oc2[c]c(Sc3ccccc3)ncc2)c1F. The minimum Gasteiger partial charge on any atom is -0.453 e. The summed E-state index contributed by atoms with van der Waals surface area (Å²) in [5.74, 6) is -1.88. The molecule has 5 heteroatoms. The Morgan fingerprint density at radius 1 is 0.955 bits per heavy atom. The molecule has 0 bridgehead atoms. The fourth-order valence-electron chi connectivity index (χ4n) is 1.74. The molecule has 109 valence electrons. The summed E-state index contributed by atoms with van der Waals surface area (Å²) in [6.07, 6.45) is 1.54. The molecule has 0 N–H and O–H groups in total. The fraction of sp³-hybridized carbons (Fsp3) is 0. The third-order valence-corrected chi connectivity index (χ3v) is 3.65. The Labute approximate surface area is 130 Å². The first-order valence-electron chi connectivity index (χ1n) is 6.45. The van der Waals surface area contributed by atoms with Crippen LogP contribution in [0.15, 0.2) is 70.7 Å². The van der Waals surface area contributed by atoms with Crippen molar-refractivity contribution in [3.8, 4) is 11.5 Å². The van der Waals surface area contributed by atoms with Crippen LogP contribution in [0.2, 0.25) is 0 Å². The fourth-order valence-corrected chi connectivity index (χ4v) is 2.53. The van der Waals surface area contributed by atoms with E-state index in [9.17, 15) is 8.78 Å². The molecule has 1 radical (unpaired) electrons. The van der Waals surface area contributed by atoms with E-state index >= 15 is 0 Å². The van der Waals surface area contributed by atoms with Gasteiger partial charge in [-0.05, 0) is 30.3 Å². The molecule has 1 heterocycles. The van der Waals surface area contributed by atoms with E-state index in [1.807, 2.05) is 30.3 Å². The molecule has 0 unspecified atom stereocenters. The Bertz CT molecular complexity index is 781. The van der Waals surface area contributed by atoms with E-state index in [2.05, 4.69) is 11.1 Å². The molecule has 22 heavy (non-hydrogen) atoms. The highest BCUT2D eigenvalue weighted by atomic mass is 32.2. The van der Waals surface area contributed by atoms with Crippen molar-refractivity contribution in [1.82, 2.24) is 4.98 Å². The van der Waals surface area contributed by atoms with E-state index in [0.717, 1.165) is 11.0 Å². The van der Waals surface area contributed by atoms with Crippen molar-refractivity contribution in [2.45, 2.75) is 9.92 Å². The van der Waals surface area contributed by atoms with Crippen molar-refractivity contribution >= 4 is 11.8 Å². The molecule has 3 rings (SSSR count). The normalized spacial score (nSPS) is 10.5. The highest BCUT2D eigenvalue weighted by Crippen LogP contribution is 2.30. The van der Waals surface area contributed by atoms with Crippen LogP contribution >= 0.6 is 11.8 Å². The van der Waals surface area contributed by atoms with Crippen LogP contribution in [0.3, 0.4) is 0 Å². The third-order valence-electron chi connectivity index (χ3n) is 2.74. The van der Waals surface area contributed by atoms with Gasteiger partial charge in [0.05, 0.1) is 6.07 Å². The maximum Gasteiger partial charge on any atom is 0.201 e. The summed E-state index contributed by atoms with van der Waals surface area (Å²) in [6, 6.07) is 17.9. The predicted octanol–water partition coefficient (Wildman–Crippen LogP) is 5.10. The second-order valence-electron chi connectivity index (χ2n) is 4.31. The van der Waals surface area contributed by atoms with Crippen LogP contribution < -0.4 is 4.74 Å². The lowest BCUT2D eigenvalue weighted by molar-refractivity contribution is 0.414. The average molecular weight is 314 g/mol. The first kappa shape index (κ1) is 14.5. The number of hydrogen-bond acceptors (Lipinski definition) is 3. The van der Waals surface area contributed by atoms with Gasteiger partial charge in [0.2, 0.25) is 5.82 Å². The number of rotatable bonds is 4. The van der Waals surface area contributed by atoms with Crippen LogP contribution in [-0.2, 0) is 0 Å². The van der Waals surface area contributed by atoms with Gasteiger partial charge in [0.15, 0.2) is 11.6 Å². The lowest BCUT2D eigenvalue weighted by atomic mass is 10.3. The molecule has 0 aliphatic carbocycles. The molecule has 0 fully saturated rings. The molecule has 1 aromatic heterocycles.